The van der Waals surface area contributed by atoms with Crippen LogP contribution in [0.5, 0.6) is 0 Å². The van der Waals surface area contributed by atoms with E-state index in [1.807, 2.05) is 4.57 Å². The van der Waals surface area contributed by atoms with E-state index in [-0.39, 0.29) is 23.2 Å². The number of hydrogen-bond acceptors (Lipinski definition) is 8. The number of amides is 2. The van der Waals surface area contributed by atoms with Gasteiger partial charge in [-0.05, 0) is 51.4 Å². The van der Waals surface area contributed by atoms with E-state index in [0.717, 1.165) is 0 Å². The van der Waals surface area contributed by atoms with Gasteiger partial charge in [0.1, 0.15) is 6.61 Å². The summed E-state index contributed by atoms with van der Waals surface area (Å²) in [5.41, 5.74) is 0.966. The molecule has 2 heterocycles. The molecule has 0 aliphatic carbocycles. The Morgan fingerprint density at radius 2 is 1.92 bits per heavy atom. The summed E-state index contributed by atoms with van der Waals surface area (Å²) in [4.78, 5) is 49.1. The maximum atomic E-state index is 13.4. The standard InChI is InChI=1S/C24H31N3O6S2Si/c1-23(2,3)36(5,6)26-15-24(34-4,22(26)30)25-20(28)19(17-11-12-35-14-17)21(29)33-13-16-7-9-18(10-8-16)27(31)32/h7-12,14,19H,13,15H2,1-6H3,(H,25,28)/t19?,24-/m0/s1. The molecule has 1 aliphatic rings. The van der Waals surface area contributed by atoms with Gasteiger partial charge in [0.05, 0.1) is 11.5 Å². The first-order valence-electron chi connectivity index (χ1n) is 11.3. The first kappa shape index (κ1) is 27.9. The van der Waals surface area contributed by atoms with Crippen LogP contribution in [0.2, 0.25) is 18.1 Å². The molecule has 1 aromatic heterocycles. The lowest BCUT2D eigenvalue weighted by atomic mass is 10.00. The van der Waals surface area contributed by atoms with Gasteiger partial charge >= 0.3 is 5.97 Å². The highest BCUT2D eigenvalue weighted by Gasteiger charge is 2.60. The van der Waals surface area contributed by atoms with Gasteiger partial charge in [-0.1, -0.05) is 33.9 Å². The first-order valence-corrected chi connectivity index (χ1v) is 16.5. The first-order chi connectivity index (χ1) is 16.7. The lowest BCUT2D eigenvalue weighted by Crippen LogP contribution is -2.79. The molecular formula is C24H31N3O6S2Si. The van der Waals surface area contributed by atoms with Crippen LogP contribution in [0.4, 0.5) is 5.69 Å². The third kappa shape index (κ3) is 5.35. The fourth-order valence-corrected chi connectivity index (χ4v) is 7.47. The maximum Gasteiger partial charge on any atom is 0.323 e. The fraction of sp³-hybridized carbons (Fsp3) is 0.458. The summed E-state index contributed by atoms with van der Waals surface area (Å²) < 4.78 is 7.32. The van der Waals surface area contributed by atoms with Crippen molar-refractivity contribution in [2.45, 2.75) is 56.3 Å². The van der Waals surface area contributed by atoms with E-state index in [0.29, 0.717) is 17.7 Å². The summed E-state index contributed by atoms with van der Waals surface area (Å²) in [5, 5.41) is 17.1. The average Bonchev–Trinajstić information content (AvgIpc) is 3.33. The van der Waals surface area contributed by atoms with E-state index in [2.05, 4.69) is 39.2 Å². The van der Waals surface area contributed by atoms with Gasteiger partial charge in [-0.25, -0.2) is 0 Å². The second-order valence-corrected chi connectivity index (χ2v) is 17.3. The van der Waals surface area contributed by atoms with E-state index >= 15 is 0 Å². The van der Waals surface area contributed by atoms with Crippen LogP contribution in [0.15, 0.2) is 41.1 Å². The molecule has 1 saturated heterocycles. The molecule has 0 spiro atoms. The molecule has 1 aromatic carbocycles. The Morgan fingerprint density at radius 1 is 1.28 bits per heavy atom. The normalized spacial score (nSPS) is 18.8. The third-order valence-corrected chi connectivity index (χ3v) is 14.2. The zero-order chi connectivity index (χ0) is 26.9. The van der Waals surface area contributed by atoms with Gasteiger partial charge in [0.2, 0.25) is 5.91 Å². The Labute approximate surface area is 219 Å². The Morgan fingerprint density at radius 3 is 2.39 bits per heavy atom. The van der Waals surface area contributed by atoms with Gasteiger partial charge in [0.15, 0.2) is 19.0 Å². The zero-order valence-electron chi connectivity index (χ0n) is 21.2. The van der Waals surface area contributed by atoms with E-state index in [4.69, 9.17) is 4.74 Å². The van der Waals surface area contributed by atoms with Gasteiger partial charge < -0.3 is 14.6 Å². The Bertz CT molecular complexity index is 1150. The van der Waals surface area contributed by atoms with Crippen molar-refractivity contribution in [3.05, 3.63) is 62.3 Å². The minimum atomic E-state index is -2.12. The number of nitro groups is 1. The van der Waals surface area contributed by atoms with E-state index in [1.54, 1.807) is 23.1 Å². The minimum absolute atomic E-state index is 0.0435. The minimum Gasteiger partial charge on any atom is -0.460 e. The SMILES string of the molecule is CS[C@@]1(NC(=O)C(C(=O)OCc2ccc([N+](=O)[O-])cc2)c2ccsc2)CN([Si](C)(C)C(C)(C)C)C1=O. The number of rotatable bonds is 9. The lowest BCUT2D eigenvalue weighted by molar-refractivity contribution is -0.384. The van der Waals surface area contributed by atoms with Crippen molar-refractivity contribution < 1.29 is 24.0 Å². The predicted molar refractivity (Wildman–Crippen MR) is 143 cm³/mol. The third-order valence-electron chi connectivity index (χ3n) is 7.06. The highest BCUT2D eigenvalue weighted by atomic mass is 32.2. The zero-order valence-corrected chi connectivity index (χ0v) is 23.8. The number of nitro benzene ring substituents is 1. The molecule has 3 rings (SSSR count). The molecule has 0 radical (unpaired) electrons. The van der Waals surface area contributed by atoms with Crippen LogP contribution >= 0.6 is 23.1 Å². The van der Waals surface area contributed by atoms with Crippen molar-refractivity contribution in [3.63, 3.8) is 0 Å². The van der Waals surface area contributed by atoms with Crippen molar-refractivity contribution in [2.24, 2.45) is 0 Å². The fourth-order valence-electron chi connectivity index (χ4n) is 3.70. The average molecular weight is 550 g/mol. The predicted octanol–water partition coefficient (Wildman–Crippen LogP) is 4.51. The smallest absolute Gasteiger partial charge is 0.323 e. The Balaban J connectivity index is 1.75. The highest BCUT2D eigenvalue weighted by Crippen LogP contribution is 2.45. The molecule has 0 bridgehead atoms. The number of esters is 1. The maximum absolute atomic E-state index is 13.4. The van der Waals surface area contributed by atoms with E-state index in [1.165, 1.54) is 47.4 Å². The van der Waals surface area contributed by atoms with Crippen molar-refractivity contribution in [1.29, 1.82) is 0 Å². The molecule has 0 saturated carbocycles. The quantitative estimate of drug-likeness (QED) is 0.0930. The van der Waals surface area contributed by atoms with Gasteiger partial charge in [0.25, 0.3) is 11.6 Å². The summed E-state index contributed by atoms with van der Waals surface area (Å²) in [7, 11) is -2.12. The number of β-lactam (4-membered cyclic amide) rings is 1. The second-order valence-electron chi connectivity index (χ2n) is 10.2. The Kier molecular flexibility index (Phi) is 8.01. The van der Waals surface area contributed by atoms with Crippen molar-refractivity contribution in [3.8, 4) is 0 Å². The number of nitrogens with one attached hydrogen (secondary N) is 1. The van der Waals surface area contributed by atoms with Crippen molar-refractivity contribution in [1.82, 2.24) is 9.88 Å². The largest absolute Gasteiger partial charge is 0.460 e. The number of benzene rings is 1. The molecule has 2 amide bonds. The lowest BCUT2D eigenvalue weighted by Gasteiger charge is -2.57. The topological polar surface area (TPSA) is 119 Å². The number of non-ortho nitro benzene ring substituents is 1. The molecule has 1 fully saturated rings. The van der Waals surface area contributed by atoms with E-state index < -0.39 is 35.8 Å². The van der Waals surface area contributed by atoms with Crippen LogP contribution in [-0.2, 0) is 25.7 Å². The van der Waals surface area contributed by atoms with Crippen LogP contribution in [0.25, 0.3) is 0 Å². The molecule has 2 atom stereocenters. The molecule has 1 N–H and O–H groups in total. The monoisotopic (exact) mass is 549 g/mol. The second kappa shape index (κ2) is 10.3. The molecule has 36 heavy (non-hydrogen) atoms. The number of nitrogens with zero attached hydrogens (tertiary/aromatic N) is 2. The number of carbonyl (C=O) groups excluding carboxylic acids is 3. The van der Waals surface area contributed by atoms with Crippen molar-refractivity contribution >= 4 is 54.8 Å². The highest BCUT2D eigenvalue weighted by molar-refractivity contribution is 8.00. The Hall–Kier alpha value is -2.70. The van der Waals surface area contributed by atoms with E-state index in [9.17, 15) is 24.5 Å². The summed E-state index contributed by atoms with van der Waals surface area (Å²) >= 11 is 2.61. The van der Waals surface area contributed by atoms with Crippen LogP contribution in [0.1, 0.15) is 37.8 Å². The van der Waals surface area contributed by atoms with Crippen LogP contribution in [0, 0.1) is 10.1 Å². The molecule has 2 aromatic rings. The molecule has 194 valence electrons. The van der Waals surface area contributed by atoms with Crippen molar-refractivity contribution in [2.75, 3.05) is 12.8 Å². The van der Waals surface area contributed by atoms with Gasteiger partial charge in [-0.3, -0.25) is 24.5 Å². The number of ether oxygens (including phenoxy) is 1. The molecule has 1 aliphatic heterocycles. The van der Waals surface area contributed by atoms with Gasteiger partial charge in [-0.15, -0.1) is 11.8 Å². The summed E-state index contributed by atoms with van der Waals surface area (Å²) in [5.74, 6) is -2.74. The summed E-state index contributed by atoms with van der Waals surface area (Å²) in [6, 6.07) is 7.32. The van der Waals surface area contributed by atoms with Crippen LogP contribution in [0.3, 0.4) is 0 Å². The van der Waals surface area contributed by atoms with Gasteiger partial charge in [0, 0.05) is 12.1 Å². The summed E-state index contributed by atoms with van der Waals surface area (Å²) in [6.07, 6.45) is 1.77. The van der Waals surface area contributed by atoms with Gasteiger partial charge in [-0.2, -0.15) is 11.3 Å². The number of carbonyl (C=O) groups is 3. The number of hydrogen-bond donors (Lipinski definition) is 1. The molecule has 1 unspecified atom stereocenters. The molecule has 9 nitrogen and oxygen atoms in total. The number of thioether (sulfide) groups is 1. The van der Waals surface area contributed by atoms with Crippen LogP contribution < -0.4 is 5.32 Å². The molecule has 12 heteroatoms. The summed E-state index contributed by atoms with van der Waals surface area (Å²) in [6.45, 7) is 10.9. The number of thiophene rings is 1. The van der Waals surface area contributed by atoms with Crippen LogP contribution in [-0.4, -0.2) is 53.2 Å². The molecular weight excluding hydrogens is 518 g/mol.